The van der Waals surface area contributed by atoms with Gasteiger partial charge in [0.05, 0.1) is 11.1 Å². The molecule has 0 aromatic heterocycles. The smallest absolute Gasteiger partial charge is 0.267 e. The van der Waals surface area contributed by atoms with Gasteiger partial charge in [-0.1, -0.05) is 6.92 Å². The standard InChI is InChI=1S/C11H7F4NO2S/c1-2-3-19-16-10(17)4-5(11(16)18)7(13)9(15)8(14)6(4)12/h2-3H2,1H3. The summed E-state index contributed by atoms with van der Waals surface area (Å²) in [6.45, 7) is 1.77. The van der Waals surface area contributed by atoms with E-state index in [1.807, 2.05) is 0 Å². The molecule has 0 saturated heterocycles. The Morgan fingerprint density at radius 3 is 1.68 bits per heavy atom. The van der Waals surface area contributed by atoms with Crippen molar-refractivity contribution in [3.05, 3.63) is 34.4 Å². The third-order valence-corrected chi connectivity index (χ3v) is 3.67. The Balaban J connectivity index is 2.59. The van der Waals surface area contributed by atoms with Gasteiger partial charge < -0.3 is 0 Å². The topological polar surface area (TPSA) is 37.4 Å². The number of benzene rings is 1. The van der Waals surface area contributed by atoms with Crippen molar-refractivity contribution in [1.82, 2.24) is 4.31 Å². The van der Waals surface area contributed by atoms with E-state index >= 15 is 0 Å². The summed E-state index contributed by atoms with van der Waals surface area (Å²) in [6.07, 6.45) is 0.603. The Kier molecular flexibility index (Phi) is 3.53. The summed E-state index contributed by atoms with van der Waals surface area (Å²) in [6, 6.07) is 0. The maximum Gasteiger partial charge on any atom is 0.274 e. The minimum absolute atomic E-state index is 0.347. The number of carbonyl (C=O) groups is 2. The van der Waals surface area contributed by atoms with Gasteiger partial charge in [-0.15, -0.1) is 0 Å². The highest BCUT2D eigenvalue weighted by molar-refractivity contribution is 7.98. The van der Waals surface area contributed by atoms with Crippen molar-refractivity contribution in [1.29, 1.82) is 0 Å². The molecule has 0 aliphatic carbocycles. The van der Waals surface area contributed by atoms with Crippen LogP contribution in [-0.2, 0) is 0 Å². The molecule has 1 aliphatic heterocycles. The number of imide groups is 1. The van der Waals surface area contributed by atoms with E-state index in [-0.39, 0.29) is 0 Å². The number of hydrogen-bond acceptors (Lipinski definition) is 3. The molecule has 0 unspecified atom stereocenters. The van der Waals surface area contributed by atoms with E-state index in [4.69, 9.17) is 0 Å². The van der Waals surface area contributed by atoms with Crippen LogP contribution in [0.15, 0.2) is 0 Å². The summed E-state index contributed by atoms with van der Waals surface area (Å²) in [4.78, 5) is 23.5. The van der Waals surface area contributed by atoms with E-state index in [1.165, 1.54) is 0 Å². The lowest BCUT2D eigenvalue weighted by atomic mass is 10.1. The molecule has 102 valence electrons. The fourth-order valence-electron chi connectivity index (χ4n) is 1.63. The summed E-state index contributed by atoms with van der Waals surface area (Å²) in [5, 5.41) is 0. The van der Waals surface area contributed by atoms with Crippen LogP contribution >= 0.6 is 11.9 Å². The molecule has 0 spiro atoms. The zero-order valence-electron chi connectivity index (χ0n) is 9.60. The monoisotopic (exact) mass is 293 g/mol. The molecule has 0 atom stereocenters. The first kappa shape index (κ1) is 13.9. The van der Waals surface area contributed by atoms with E-state index in [1.54, 1.807) is 6.92 Å². The Labute approximate surface area is 109 Å². The molecule has 3 nitrogen and oxygen atoms in total. The predicted octanol–water partition coefficient (Wildman–Crippen LogP) is 2.90. The van der Waals surface area contributed by atoms with Crippen LogP contribution in [-0.4, -0.2) is 21.9 Å². The second kappa shape index (κ2) is 4.84. The van der Waals surface area contributed by atoms with Crippen LogP contribution in [0.3, 0.4) is 0 Å². The summed E-state index contributed by atoms with van der Waals surface area (Å²) < 4.78 is 53.6. The van der Waals surface area contributed by atoms with Gasteiger partial charge in [0.2, 0.25) is 0 Å². The molecule has 0 bridgehead atoms. The molecule has 19 heavy (non-hydrogen) atoms. The lowest BCUT2D eigenvalue weighted by molar-refractivity contribution is 0.0774. The van der Waals surface area contributed by atoms with Crippen molar-refractivity contribution in [3.63, 3.8) is 0 Å². The van der Waals surface area contributed by atoms with E-state index in [0.717, 1.165) is 11.9 Å². The fourth-order valence-corrected chi connectivity index (χ4v) is 2.41. The Morgan fingerprint density at radius 2 is 1.32 bits per heavy atom. The first-order valence-electron chi connectivity index (χ1n) is 5.29. The number of carbonyl (C=O) groups excluding carboxylic acids is 2. The van der Waals surface area contributed by atoms with Gasteiger partial charge in [0.1, 0.15) is 0 Å². The molecule has 0 radical (unpaired) electrons. The molecular weight excluding hydrogens is 286 g/mol. The third kappa shape index (κ3) is 1.90. The van der Waals surface area contributed by atoms with Crippen LogP contribution < -0.4 is 0 Å². The third-order valence-electron chi connectivity index (χ3n) is 2.49. The van der Waals surface area contributed by atoms with E-state index < -0.39 is 46.2 Å². The molecule has 2 rings (SSSR count). The van der Waals surface area contributed by atoms with Crippen molar-refractivity contribution >= 4 is 23.8 Å². The molecule has 0 saturated carbocycles. The van der Waals surface area contributed by atoms with Gasteiger partial charge in [-0.2, -0.15) is 0 Å². The molecule has 1 aromatic carbocycles. The van der Waals surface area contributed by atoms with Crippen molar-refractivity contribution < 1.29 is 27.2 Å². The van der Waals surface area contributed by atoms with Crippen LogP contribution in [0.5, 0.6) is 0 Å². The number of rotatable bonds is 3. The average molecular weight is 293 g/mol. The molecule has 1 heterocycles. The highest BCUT2D eigenvalue weighted by atomic mass is 32.2. The minimum atomic E-state index is -2.10. The van der Waals surface area contributed by atoms with Gasteiger partial charge in [-0.05, 0) is 18.4 Å². The van der Waals surface area contributed by atoms with Crippen LogP contribution in [0.25, 0.3) is 0 Å². The maximum atomic E-state index is 13.5. The molecule has 8 heteroatoms. The van der Waals surface area contributed by atoms with Gasteiger partial charge in [-0.3, -0.25) is 9.59 Å². The summed E-state index contributed by atoms with van der Waals surface area (Å²) >= 11 is 0.742. The van der Waals surface area contributed by atoms with Gasteiger partial charge in [0.15, 0.2) is 23.3 Å². The summed E-state index contributed by atoms with van der Waals surface area (Å²) in [5.74, 6) is -9.87. The molecule has 1 aliphatic rings. The van der Waals surface area contributed by atoms with Crippen molar-refractivity contribution in [2.75, 3.05) is 5.75 Å². The van der Waals surface area contributed by atoms with E-state index in [2.05, 4.69) is 0 Å². The lowest BCUT2D eigenvalue weighted by Gasteiger charge is -2.10. The maximum absolute atomic E-state index is 13.5. The lowest BCUT2D eigenvalue weighted by Crippen LogP contribution is -2.23. The normalized spacial score (nSPS) is 14.3. The van der Waals surface area contributed by atoms with Crippen molar-refractivity contribution in [3.8, 4) is 0 Å². The van der Waals surface area contributed by atoms with Crippen molar-refractivity contribution in [2.45, 2.75) is 13.3 Å². The first-order chi connectivity index (χ1) is 8.91. The molecule has 1 aromatic rings. The van der Waals surface area contributed by atoms with E-state index in [9.17, 15) is 27.2 Å². The Bertz CT molecular complexity index is 544. The molecule has 0 N–H and O–H groups in total. The SMILES string of the molecule is CCCSN1C(=O)c2c(F)c(F)c(F)c(F)c2C1=O. The van der Waals surface area contributed by atoms with Crippen LogP contribution in [0.4, 0.5) is 17.6 Å². The van der Waals surface area contributed by atoms with Crippen LogP contribution in [0.2, 0.25) is 0 Å². The average Bonchev–Trinajstić information content (AvgIpc) is 2.63. The predicted molar refractivity (Wildman–Crippen MR) is 59.5 cm³/mol. The number of amides is 2. The summed E-state index contributed by atoms with van der Waals surface area (Å²) in [5.41, 5.74) is -2.10. The summed E-state index contributed by atoms with van der Waals surface area (Å²) in [7, 11) is 0. The zero-order chi connectivity index (χ0) is 14.3. The highest BCUT2D eigenvalue weighted by Crippen LogP contribution is 2.34. The Hall–Kier alpha value is -1.57. The molecule has 0 fully saturated rings. The van der Waals surface area contributed by atoms with E-state index in [0.29, 0.717) is 16.5 Å². The largest absolute Gasteiger partial charge is 0.274 e. The minimum Gasteiger partial charge on any atom is -0.267 e. The van der Waals surface area contributed by atoms with Crippen LogP contribution in [0, 0.1) is 23.3 Å². The number of hydrogen-bond donors (Lipinski definition) is 0. The number of nitrogens with zero attached hydrogens (tertiary/aromatic N) is 1. The molecular formula is C11H7F4NO2S. The second-order valence-corrected chi connectivity index (χ2v) is 4.78. The first-order valence-corrected chi connectivity index (χ1v) is 6.23. The second-order valence-electron chi connectivity index (χ2n) is 3.74. The van der Waals surface area contributed by atoms with Gasteiger partial charge in [0.25, 0.3) is 11.8 Å². The van der Waals surface area contributed by atoms with Crippen molar-refractivity contribution in [2.24, 2.45) is 0 Å². The number of fused-ring (bicyclic) bond motifs is 1. The Morgan fingerprint density at radius 1 is 0.895 bits per heavy atom. The highest BCUT2D eigenvalue weighted by Gasteiger charge is 2.44. The zero-order valence-corrected chi connectivity index (χ0v) is 10.4. The van der Waals surface area contributed by atoms with Gasteiger partial charge in [0, 0.05) is 5.75 Å². The van der Waals surface area contributed by atoms with Crippen LogP contribution in [0.1, 0.15) is 34.1 Å². The van der Waals surface area contributed by atoms with Gasteiger partial charge >= 0.3 is 0 Å². The fraction of sp³-hybridized carbons (Fsp3) is 0.273. The van der Waals surface area contributed by atoms with Gasteiger partial charge in [-0.25, -0.2) is 21.9 Å². The quantitative estimate of drug-likeness (QED) is 0.283. The molecule has 2 amide bonds. The number of halogens is 4.